The lowest BCUT2D eigenvalue weighted by molar-refractivity contribution is -0.137. The molecule has 1 aromatic carbocycles. The third kappa shape index (κ3) is 3.50. The van der Waals surface area contributed by atoms with Crippen LogP contribution < -0.4 is 5.32 Å². The number of nitrogens with zero attached hydrogens (tertiary/aromatic N) is 2. The van der Waals surface area contributed by atoms with E-state index < -0.39 is 11.7 Å². The second-order valence-electron chi connectivity index (χ2n) is 4.50. The van der Waals surface area contributed by atoms with Gasteiger partial charge in [-0.3, -0.25) is 0 Å². The normalized spacial score (nSPS) is 11.2. The van der Waals surface area contributed by atoms with Crippen molar-refractivity contribution in [3.8, 4) is 6.07 Å². The summed E-state index contributed by atoms with van der Waals surface area (Å²) in [7, 11) is 1.73. The molecule has 0 atom stereocenters. The van der Waals surface area contributed by atoms with Crippen LogP contribution in [0.2, 0.25) is 5.02 Å². The van der Waals surface area contributed by atoms with Crippen LogP contribution in [0.25, 0.3) is 0 Å². The molecule has 2 aromatic rings. The van der Waals surface area contributed by atoms with Crippen LogP contribution in [0.4, 0.5) is 18.9 Å². The smallest absolute Gasteiger partial charge is 0.381 e. The number of benzene rings is 1. The lowest BCUT2D eigenvalue weighted by atomic mass is 10.2. The third-order valence-corrected chi connectivity index (χ3v) is 3.27. The van der Waals surface area contributed by atoms with E-state index in [2.05, 4.69) is 5.32 Å². The van der Waals surface area contributed by atoms with Crippen LogP contribution in [0.15, 0.2) is 30.5 Å². The number of anilines is 1. The zero-order valence-corrected chi connectivity index (χ0v) is 11.8. The van der Waals surface area contributed by atoms with Crippen molar-refractivity contribution in [3.63, 3.8) is 0 Å². The van der Waals surface area contributed by atoms with E-state index in [1.807, 2.05) is 6.07 Å². The Morgan fingerprint density at radius 3 is 2.62 bits per heavy atom. The molecule has 0 aliphatic rings. The van der Waals surface area contributed by atoms with Crippen LogP contribution in [0, 0.1) is 11.3 Å². The molecule has 0 amide bonds. The Morgan fingerprint density at radius 1 is 1.33 bits per heavy atom. The van der Waals surface area contributed by atoms with Crippen molar-refractivity contribution < 1.29 is 13.2 Å². The molecule has 0 spiro atoms. The molecule has 0 fully saturated rings. The van der Waals surface area contributed by atoms with E-state index in [1.54, 1.807) is 23.9 Å². The molecule has 2 rings (SSSR count). The third-order valence-electron chi connectivity index (χ3n) is 2.94. The highest BCUT2D eigenvalue weighted by Gasteiger charge is 2.33. The Labute approximate surface area is 124 Å². The highest BCUT2D eigenvalue weighted by Crippen LogP contribution is 2.36. The van der Waals surface area contributed by atoms with Gasteiger partial charge in [0.1, 0.15) is 11.8 Å². The first kappa shape index (κ1) is 15.3. The van der Waals surface area contributed by atoms with Gasteiger partial charge in [0.2, 0.25) is 0 Å². The number of aryl methyl sites for hydroxylation is 1. The summed E-state index contributed by atoms with van der Waals surface area (Å²) in [5, 5.41) is 11.4. The number of nitrogens with one attached hydrogen (secondary N) is 1. The number of alkyl halides is 3. The van der Waals surface area contributed by atoms with Crippen molar-refractivity contribution in [1.82, 2.24) is 4.57 Å². The fourth-order valence-electron chi connectivity index (χ4n) is 1.90. The van der Waals surface area contributed by atoms with Crippen LogP contribution in [-0.4, -0.2) is 4.57 Å². The Morgan fingerprint density at radius 2 is 2.05 bits per heavy atom. The Balaban J connectivity index is 2.15. The van der Waals surface area contributed by atoms with Gasteiger partial charge in [-0.05, 0) is 29.8 Å². The van der Waals surface area contributed by atoms with E-state index in [1.165, 1.54) is 12.1 Å². The standard InChI is InChI=1S/C14H11ClF3N3/c1-21-8-9(4-11(21)6-19)7-20-10-2-3-13(15)12(5-10)14(16,17)18/h2-5,8,20H,7H2,1H3. The minimum atomic E-state index is -4.49. The lowest BCUT2D eigenvalue weighted by Crippen LogP contribution is -2.07. The average Bonchev–Trinajstić information content (AvgIpc) is 2.77. The zero-order chi connectivity index (χ0) is 15.6. The molecule has 0 aliphatic carbocycles. The summed E-state index contributed by atoms with van der Waals surface area (Å²) in [6.07, 6.45) is -2.75. The summed E-state index contributed by atoms with van der Waals surface area (Å²) in [5.74, 6) is 0. The van der Waals surface area contributed by atoms with Gasteiger partial charge < -0.3 is 9.88 Å². The minimum Gasteiger partial charge on any atom is -0.381 e. The molecule has 0 aliphatic heterocycles. The molecule has 3 nitrogen and oxygen atoms in total. The first-order valence-corrected chi connectivity index (χ1v) is 6.35. The maximum Gasteiger partial charge on any atom is 0.417 e. The van der Waals surface area contributed by atoms with Crippen LogP contribution >= 0.6 is 11.6 Å². The van der Waals surface area contributed by atoms with E-state index in [4.69, 9.17) is 16.9 Å². The maximum absolute atomic E-state index is 12.7. The SMILES string of the molecule is Cn1cc(CNc2ccc(Cl)c(C(F)(F)F)c2)cc1C#N. The molecule has 110 valence electrons. The lowest BCUT2D eigenvalue weighted by Gasteiger charge is -2.12. The fourth-order valence-corrected chi connectivity index (χ4v) is 2.12. The van der Waals surface area contributed by atoms with Gasteiger partial charge in [-0.25, -0.2) is 0 Å². The van der Waals surface area contributed by atoms with Gasteiger partial charge in [-0.1, -0.05) is 11.6 Å². The highest BCUT2D eigenvalue weighted by molar-refractivity contribution is 6.31. The number of hydrogen-bond acceptors (Lipinski definition) is 2. The summed E-state index contributed by atoms with van der Waals surface area (Å²) < 4.78 is 39.9. The van der Waals surface area contributed by atoms with Crippen LogP contribution in [0.1, 0.15) is 16.8 Å². The molecule has 0 unspecified atom stereocenters. The predicted octanol–water partition coefficient (Wildman–Crippen LogP) is 4.18. The first-order chi connectivity index (χ1) is 9.81. The molecule has 1 heterocycles. The molecule has 21 heavy (non-hydrogen) atoms. The Bertz CT molecular complexity index is 698. The first-order valence-electron chi connectivity index (χ1n) is 5.97. The molecule has 1 N–H and O–H groups in total. The zero-order valence-electron chi connectivity index (χ0n) is 11.0. The number of halogens is 4. The highest BCUT2D eigenvalue weighted by atomic mass is 35.5. The molecule has 7 heteroatoms. The van der Waals surface area contributed by atoms with E-state index >= 15 is 0 Å². The van der Waals surface area contributed by atoms with Crippen molar-refractivity contribution in [2.75, 3.05) is 5.32 Å². The number of hydrogen-bond donors (Lipinski definition) is 1. The van der Waals surface area contributed by atoms with Crippen molar-refractivity contribution in [3.05, 3.63) is 52.3 Å². The van der Waals surface area contributed by atoms with Gasteiger partial charge in [0.25, 0.3) is 0 Å². The van der Waals surface area contributed by atoms with Crippen molar-refractivity contribution in [1.29, 1.82) is 5.26 Å². The van der Waals surface area contributed by atoms with E-state index in [9.17, 15) is 13.2 Å². The second-order valence-corrected chi connectivity index (χ2v) is 4.91. The maximum atomic E-state index is 12.7. The van der Waals surface area contributed by atoms with Gasteiger partial charge in [0, 0.05) is 25.5 Å². The van der Waals surface area contributed by atoms with Gasteiger partial charge in [0.05, 0.1) is 10.6 Å². The molecular weight excluding hydrogens is 303 g/mol. The molecule has 0 radical (unpaired) electrons. The second kappa shape index (κ2) is 5.70. The molecule has 1 aromatic heterocycles. The Kier molecular flexibility index (Phi) is 4.14. The van der Waals surface area contributed by atoms with Crippen molar-refractivity contribution >= 4 is 17.3 Å². The van der Waals surface area contributed by atoms with Crippen molar-refractivity contribution in [2.24, 2.45) is 7.05 Å². The van der Waals surface area contributed by atoms with Crippen LogP contribution in [0.3, 0.4) is 0 Å². The fraction of sp³-hybridized carbons (Fsp3) is 0.214. The monoisotopic (exact) mass is 313 g/mol. The number of rotatable bonds is 3. The predicted molar refractivity (Wildman–Crippen MR) is 73.9 cm³/mol. The number of aromatic nitrogens is 1. The van der Waals surface area contributed by atoms with Crippen molar-refractivity contribution in [2.45, 2.75) is 12.7 Å². The van der Waals surface area contributed by atoms with Gasteiger partial charge in [-0.15, -0.1) is 0 Å². The topological polar surface area (TPSA) is 40.8 Å². The largest absolute Gasteiger partial charge is 0.417 e. The van der Waals surface area contributed by atoms with E-state index in [-0.39, 0.29) is 5.02 Å². The molecule has 0 bridgehead atoms. The summed E-state index contributed by atoms with van der Waals surface area (Å²) in [6, 6.07) is 7.35. The van der Waals surface area contributed by atoms with Gasteiger partial charge >= 0.3 is 6.18 Å². The average molecular weight is 314 g/mol. The van der Waals surface area contributed by atoms with Gasteiger partial charge in [-0.2, -0.15) is 18.4 Å². The quantitative estimate of drug-likeness (QED) is 0.923. The van der Waals surface area contributed by atoms with Crippen LogP contribution in [0.5, 0.6) is 0 Å². The number of nitriles is 1. The molecule has 0 saturated carbocycles. The van der Waals surface area contributed by atoms with Gasteiger partial charge in [0.15, 0.2) is 0 Å². The summed E-state index contributed by atoms with van der Waals surface area (Å²) in [6.45, 7) is 0.314. The summed E-state index contributed by atoms with van der Waals surface area (Å²) in [4.78, 5) is 0. The molecular formula is C14H11ClF3N3. The molecule has 0 saturated heterocycles. The summed E-state index contributed by atoms with van der Waals surface area (Å²) in [5.41, 5.74) is 0.727. The van der Waals surface area contributed by atoms with E-state index in [0.29, 0.717) is 17.9 Å². The van der Waals surface area contributed by atoms with E-state index in [0.717, 1.165) is 11.6 Å². The Hall–Kier alpha value is -2.13. The van der Waals surface area contributed by atoms with Crippen LogP contribution in [-0.2, 0) is 19.8 Å². The minimum absolute atomic E-state index is 0.314. The summed E-state index contributed by atoms with van der Waals surface area (Å²) >= 11 is 5.55.